The fourth-order valence-electron chi connectivity index (χ4n) is 4.26. The van der Waals surface area contributed by atoms with Gasteiger partial charge in [-0.2, -0.15) is 0 Å². The van der Waals surface area contributed by atoms with E-state index < -0.39 is 5.92 Å². The minimum Gasteiger partial charge on any atom is -0.464 e. The molecule has 2 aliphatic rings. The monoisotopic (exact) mass is 373 g/mol. The average Bonchev–Trinajstić information content (AvgIpc) is 2.88. The van der Waals surface area contributed by atoms with E-state index >= 15 is 0 Å². The van der Waals surface area contributed by atoms with E-state index in [-0.39, 0.29) is 24.6 Å². The van der Waals surface area contributed by atoms with Gasteiger partial charge in [-0.05, 0) is 44.7 Å². The summed E-state index contributed by atoms with van der Waals surface area (Å²) in [5, 5.41) is 0. The zero-order valence-corrected chi connectivity index (χ0v) is 16.4. The van der Waals surface area contributed by atoms with Crippen molar-refractivity contribution in [3.05, 3.63) is 35.9 Å². The van der Waals surface area contributed by atoms with Crippen molar-refractivity contribution < 1.29 is 19.1 Å². The lowest BCUT2D eigenvalue weighted by molar-refractivity contribution is -0.158. The van der Waals surface area contributed by atoms with Crippen molar-refractivity contribution in [1.82, 2.24) is 4.90 Å². The molecule has 27 heavy (non-hydrogen) atoms. The van der Waals surface area contributed by atoms with Gasteiger partial charge < -0.3 is 14.4 Å². The number of carbonyl (C=O) groups excluding carboxylic acids is 2. The molecule has 0 spiro atoms. The lowest BCUT2D eigenvalue weighted by Crippen LogP contribution is -2.44. The highest BCUT2D eigenvalue weighted by Crippen LogP contribution is 2.36. The molecule has 2 unspecified atom stereocenters. The number of nitrogens with zero attached hydrogens (tertiary/aromatic N) is 1. The Morgan fingerprint density at radius 2 is 1.81 bits per heavy atom. The molecule has 5 nitrogen and oxygen atoms in total. The van der Waals surface area contributed by atoms with E-state index in [0.29, 0.717) is 18.5 Å². The van der Waals surface area contributed by atoms with Crippen LogP contribution in [0.15, 0.2) is 30.3 Å². The Labute approximate surface area is 162 Å². The third-order valence-corrected chi connectivity index (χ3v) is 5.97. The fourth-order valence-corrected chi connectivity index (χ4v) is 4.26. The maximum absolute atomic E-state index is 12.9. The number of fused-ring (bicyclic) bond motifs is 2. The van der Waals surface area contributed by atoms with Gasteiger partial charge in [-0.25, -0.2) is 0 Å². The second-order valence-electron chi connectivity index (χ2n) is 7.83. The van der Waals surface area contributed by atoms with Crippen molar-refractivity contribution in [3.8, 4) is 0 Å². The van der Waals surface area contributed by atoms with Crippen LogP contribution in [0.5, 0.6) is 0 Å². The highest BCUT2D eigenvalue weighted by molar-refractivity contribution is 5.79. The van der Waals surface area contributed by atoms with E-state index in [1.165, 1.54) is 12.8 Å². The quantitative estimate of drug-likeness (QED) is 0.651. The number of rotatable bonds is 8. The number of carbonyl (C=O) groups is 2. The molecule has 0 radical (unpaired) electrons. The molecular weight excluding hydrogens is 342 g/mol. The molecule has 0 aromatic heterocycles. The molecule has 0 N–H and O–H groups in total. The van der Waals surface area contributed by atoms with Gasteiger partial charge in [0, 0.05) is 18.5 Å². The average molecular weight is 373 g/mol. The third-order valence-electron chi connectivity index (χ3n) is 5.97. The van der Waals surface area contributed by atoms with Crippen molar-refractivity contribution in [3.63, 3.8) is 0 Å². The zero-order valence-electron chi connectivity index (χ0n) is 16.4. The van der Waals surface area contributed by atoms with Gasteiger partial charge in [-0.1, -0.05) is 43.7 Å². The SMILES string of the molecule is CCCCC(=O)OCC(C(=O)OC1C[C@H]2CC[C@@H](C1)N2C)c1ccccc1. The Balaban J connectivity index is 1.61. The van der Waals surface area contributed by atoms with Crippen LogP contribution >= 0.6 is 0 Å². The van der Waals surface area contributed by atoms with E-state index in [2.05, 4.69) is 11.9 Å². The molecule has 3 rings (SSSR count). The van der Waals surface area contributed by atoms with Crippen molar-refractivity contribution >= 4 is 11.9 Å². The van der Waals surface area contributed by atoms with Gasteiger partial charge in [0.15, 0.2) is 0 Å². The summed E-state index contributed by atoms with van der Waals surface area (Å²) in [6, 6.07) is 10.5. The summed E-state index contributed by atoms with van der Waals surface area (Å²) < 4.78 is 11.3. The van der Waals surface area contributed by atoms with Crippen molar-refractivity contribution in [1.29, 1.82) is 0 Å². The van der Waals surface area contributed by atoms with Crippen molar-refractivity contribution in [2.75, 3.05) is 13.7 Å². The molecule has 1 aromatic carbocycles. The van der Waals surface area contributed by atoms with Gasteiger partial charge in [-0.3, -0.25) is 9.59 Å². The first-order valence-corrected chi connectivity index (χ1v) is 10.2. The molecule has 2 heterocycles. The Morgan fingerprint density at radius 3 is 2.44 bits per heavy atom. The van der Waals surface area contributed by atoms with E-state index in [1.807, 2.05) is 37.3 Å². The van der Waals surface area contributed by atoms with Crippen LogP contribution in [0.1, 0.15) is 63.4 Å². The first kappa shape index (κ1) is 19.9. The standard InChI is InChI=1S/C22H31NO4/c1-3-4-10-21(24)26-15-20(16-8-6-5-7-9-16)22(25)27-19-13-17-11-12-18(14-19)23(17)2/h5-9,17-20H,3-4,10-15H2,1-2H3/t17-,18+,19?,20?. The number of hydrogen-bond donors (Lipinski definition) is 0. The van der Waals surface area contributed by atoms with Gasteiger partial charge in [0.25, 0.3) is 0 Å². The molecule has 0 aliphatic carbocycles. The normalized spacial score (nSPS) is 25.8. The summed E-state index contributed by atoms with van der Waals surface area (Å²) in [5.41, 5.74) is 0.835. The van der Waals surface area contributed by atoms with Crippen LogP contribution < -0.4 is 0 Å². The molecule has 2 bridgehead atoms. The second kappa shape index (κ2) is 9.36. The van der Waals surface area contributed by atoms with Crippen LogP contribution in [0.25, 0.3) is 0 Å². The van der Waals surface area contributed by atoms with Crippen LogP contribution in [0.2, 0.25) is 0 Å². The summed E-state index contributed by atoms with van der Waals surface area (Å²) in [5.74, 6) is -1.09. The predicted molar refractivity (Wildman–Crippen MR) is 103 cm³/mol. The van der Waals surface area contributed by atoms with Gasteiger partial charge in [0.05, 0.1) is 0 Å². The second-order valence-corrected chi connectivity index (χ2v) is 7.83. The van der Waals surface area contributed by atoms with Gasteiger partial charge >= 0.3 is 11.9 Å². The number of hydrogen-bond acceptors (Lipinski definition) is 5. The van der Waals surface area contributed by atoms with Gasteiger partial charge in [0.1, 0.15) is 18.6 Å². The van der Waals surface area contributed by atoms with Crippen LogP contribution in [0, 0.1) is 0 Å². The van der Waals surface area contributed by atoms with Crippen LogP contribution in [0.3, 0.4) is 0 Å². The number of unbranched alkanes of at least 4 members (excludes halogenated alkanes) is 1. The topological polar surface area (TPSA) is 55.8 Å². The molecule has 0 amide bonds. The Kier molecular flexibility index (Phi) is 6.89. The molecule has 2 saturated heterocycles. The molecule has 4 atom stereocenters. The van der Waals surface area contributed by atoms with Crippen LogP contribution in [-0.4, -0.2) is 48.7 Å². The van der Waals surface area contributed by atoms with E-state index in [0.717, 1.165) is 31.2 Å². The molecule has 1 aromatic rings. The number of benzene rings is 1. The fraction of sp³-hybridized carbons (Fsp3) is 0.636. The highest BCUT2D eigenvalue weighted by Gasteiger charge is 2.40. The Morgan fingerprint density at radius 1 is 1.15 bits per heavy atom. The largest absolute Gasteiger partial charge is 0.464 e. The van der Waals surface area contributed by atoms with Crippen molar-refractivity contribution in [2.45, 2.75) is 76.0 Å². The van der Waals surface area contributed by atoms with Gasteiger partial charge in [-0.15, -0.1) is 0 Å². The highest BCUT2D eigenvalue weighted by atomic mass is 16.6. The lowest BCUT2D eigenvalue weighted by Gasteiger charge is -2.36. The van der Waals surface area contributed by atoms with E-state index in [1.54, 1.807) is 0 Å². The minimum atomic E-state index is -0.561. The lowest BCUT2D eigenvalue weighted by atomic mass is 9.98. The molecule has 2 fully saturated rings. The smallest absolute Gasteiger partial charge is 0.317 e. The summed E-state index contributed by atoms with van der Waals surface area (Å²) >= 11 is 0. The first-order valence-electron chi connectivity index (χ1n) is 10.2. The molecule has 2 aliphatic heterocycles. The summed E-state index contributed by atoms with van der Waals surface area (Å²) in [7, 11) is 2.17. The van der Waals surface area contributed by atoms with Crippen LogP contribution in [0.4, 0.5) is 0 Å². The molecular formula is C22H31NO4. The molecule has 5 heteroatoms. The van der Waals surface area contributed by atoms with Crippen molar-refractivity contribution in [2.24, 2.45) is 0 Å². The number of ether oxygens (including phenoxy) is 2. The van der Waals surface area contributed by atoms with E-state index in [4.69, 9.17) is 9.47 Å². The Bertz CT molecular complexity index is 618. The zero-order chi connectivity index (χ0) is 19.2. The maximum Gasteiger partial charge on any atom is 0.317 e. The van der Waals surface area contributed by atoms with Crippen LogP contribution in [-0.2, 0) is 19.1 Å². The summed E-state index contributed by atoms with van der Waals surface area (Å²) in [4.78, 5) is 27.3. The Hall–Kier alpha value is -1.88. The van der Waals surface area contributed by atoms with E-state index in [9.17, 15) is 9.59 Å². The summed E-state index contributed by atoms with van der Waals surface area (Å²) in [6.45, 7) is 2.08. The molecule has 148 valence electrons. The predicted octanol–water partition coefficient (Wildman–Crippen LogP) is 3.67. The number of esters is 2. The minimum absolute atomic E-state index is 0.0341. The number of piperidine rings is 1. The third kappa shape index (κ3) is 5.10. The summed E-state index contributed by atoms with van der Waals surface area (Å²) in [6.07, 6.45) is 6.28. The maximum atomic E-state index is 12.9. The molecule has 0 saturated carbocycles. The first-order chi connectivity index (χ1) is 13.1. The van der Waals surface area contributed by atoms with Gasteiger partial charge in [0.2, 0.25) is 0 Å².